The molecule has 0 aliphatic heterocycles. The lowest BCUT2D eigenvalue weighted by molar-refractivity contribution is 0.190. The van der Waals surface area contributed by atoms with Gasteiger partial charge in [0.2, 0.25) is 0 Å². The number of rotatable bonds is 3. The third-order valence-corrected chi connectivity index (χ3v) is 3.97. The quantitative estimate of drug-likeness (QED) is 0.673. The van der Waals surface area contributed by atoms with Gasteiger partial charge in [-0.25, -0.2) is 14.3 Å². The molecule has 1 aromatic carbocycles. The molecule has 24 heavy (non-hydrogen) atoms. The van der Waals surface area contributed by atoms with Gasteiger partial charge < -0.3 is 10.4 Å². The lowest BCUT2D eigenvalue weighted by Crippen LogP contribution is -2.32. The second-order valence-corrected chi connectivity index (χ2v) is 5.72. The Hall–Kier alpha value is -2.87. The summed E-state index contributed by atoms with van der Waals surface area (Å²) in [6.07, 6.45) is 0.277. The molecule has 3 rings (SSSR count). The van der Waals surface area contributed by atoms with Gasteiger partial charge in [-0.05, 0) is 25.5 Å². The Labute approximate surface area is 141 Å². The molecule has 1 atom stereocenters. The smallest absolute Gasteiger partial charge is 0.405 e. The summed E-state index contributed by atoms with van der Waals surface area (Å²) in [5, 5.41) is 18.5. The molecule has 0 aliphatic rings. The molecule has 2 aromatic heterocycles. The predicted molar refractivity (Wildman–Crippen MR) is 88.8 cm³/mol. The van der Waals surface area contributed by atoms with Gasteiger partial charge in [-0.15, -0.1) is 0 Å². The highest BCUT2D eigenvalue weighted by atomic mass is 35.5. The van der Waals surface area contributed by atoms with Crippen molar-refractivity contribution < 1.29 is 9.90 Å². The number of hydrogen-bond acceptors (Lipinski definition) is 4. The first-order valence-corrected chi connectivity index (χ1v) is 7.49. The molecule has 124 valence electrons. The van der Waals surface area contributed by atoms with Crippen LogP contribution in [0.15, 0.2) is 29.2 Å². The zero-order valence-corrected chi connectivity index (χ0v) is 13.6. The molecule has 0 saturated heterocycles. The Morgan fingerprint density at radius 3 is 2.79 bits per heavy atom. The number of hydrogen-bond donors (Lipinski definition) is 3. The molecule has 3 aromatic rings. The van der Waals surface area contributed by atoms with E-state index in [0.29, 0.717) is 21.7 Å². The van der Waals surface area contributed by atoms with Gasteiger partial charge in [0, 0.05) is 6.07 Å². The number of fused-ring (bicyclic) bond motifs is 1. The van der Waals surface area contributed by atoms with E-state index in [2.05, 4.69) is 20.5 Å². The van der Waals surface area contributed by atoms with E-state index in [4.69, 9.17) is 16.7 Å². The summed E-state index contributed by atoms with van der Waals surface area (Å²) in [7, 11) is 0. The van der Waals surface area contributed by atoms with Crippen molar-refractivity contribution >= 4 is 28.6 Å². The van der Waals surface area contributed by atoms with Crippen LogP contribution in [-0.2, 0) is 0 Å². The van der Waals surface area contributed by atoms with E-state index >= 15 is 0 Å². The minimum atomic E-state index is -1.22. The molecular weight excluding hydrogens is 334 g/mol. The van der Waals surface area contributed by atoms with Crippen molar-refractivity contribution in [2.45, 2.75) is 19.9 Å². The summed E-state index contributed by atoms with van der Waals surface area (Å²) >= 11 is 6.19. The number of nitrogens with one attached hydrogen (secondary N) is 2. The summed E-state index contributed by atoms with van der Waals surface area (Å²) in [5.41, 5.74) is 0.718. The second kappa shape index (κ2) is 5.97. The fraction of sp³-hybridized carbons (Fsp3) is 0.200. The van der Waals surface area contributed by atoms with Crippen LogP contribution in [0.25, 0.3) is 16.7 Å². The topological polar surface area (TPSA) is 113 Å². The first kappa shape index (κ1) is 16.0. The van der Waals surface area contributed by atoms with E-state index in [1.807, 2.05) is 0 Å². The number of aryl methyl sites for hydroxylation is 1. The van der Waals surface area contributed by atoms with Crippen molar-refractivity contribution in [1.29, 1.82) is 0 Å². The van der Waals surface area contributed by atoms with Gasteiger partial charge in [0.15, 0.2) is 0 Å². The number of halogens is 1. The Morgan fingerprint density at radius 1 is 1.42 bits per heavy atom. The van der Waals surface area contributed by atoms with Crippen LogP contribution in [0.2, 0.25) is 5.02 Å². The summed E-state index contributed by atoms with van der Waals surface area (Å²) in [4.78, 5) is 28.5. The number of aromatic nitrogens is 4. The molecule has 0 spiro atoms. The number of H-pyrrole nitrogens is 1. The van der Waals surface area contributed by atoms with E-state index in [-0.39, 0.29) is 11.4 Å². The molecule has 3 N–H and O–H groups in total. The molecule has 0 bridgehead atoms. The molecule has 1 unspecified atom stereocenters. The monoisotopic (exact) mass is 347 g/mol. The molecule has 1 amide bonds. The molecule has 2 heterocycles. The first-order valence-electron chi connectivity index (χ1n) is 7.11. The van der Waals surface area contributed by atoms with Gasteiger partial charge >= 0.3 is 6.09 Å². The molecule has 9 heteroatoms. The van der Waals surface area contributed by atoms with Crippen molar-refractivity contribution in [3.05, 3.63) is 51.2 Å². The average molecular weight is 348 g/mol. The van der Waals surface area contributed by atoms with Gasteiger partial charge in [0.05, 0.1) is 28.2 Å². The fourth-order valence-electron chi connectivity index (χ4n) is 2.57. The zero-order chi connectivity index (χ0) is 17.4. The molecular formula is C15H14ClN5O3. The number of nitrogens with zero attached hydrogens (tertiary/aromatic N) is 3. The van der Waals surface area contributed by atoms with Gasteiger partial charge in [0.1, 0.15) is 11.6 Å². The van der Waals surface area contributed by atoms with Gasteiger partial charge in [0.25, 0.3) is 5.56 Å². The van der Waals surface area contributed by atoms with Crippen molar-refractivity contribution in [2.75, 3.05) is 0 Å². The van der Waals surface area contributed by atoms with Crippen molar-refractivity contribution in [3.8, 4) is 5.82 Å². The van der Waals surface area contributed by atoms with Gasteiger partial charge in [-0.1, -0.05) is 17.7 Å². The number of benzene rings is 1. The Balaban J connectivity index is 2.40. The van der Waals surface area contributed by atoms with Crippen LogP contribution in [0.5, 0.6) is 0 Å². The summed E-state index contributed by atoms with van der Waals surface area (Å²) in [6.45, 7) is 3.38. The second-order valence-electron chi connectivity index (χ2n) is 5.31. The summed E-state index contributed by atoms with van der Waals surface area (Å²) in [6, 6.07) is 4.26. The lowest BCUT2D eigenvalue weighted by atomic mass is 10.1. The number of carbonyl (C=O) groups is 1. The minimum absolute atomic E-state index is 0.214. The van der Waals surface area contributed by atoms with Crippen LogP contribution >= 0.6 is 11.6 Å². The van der Waals surface area contributed by atoms with E-state index in [1.165, 1.54) is 10.8 Å². The van der Waals surface area contributed by atoms with E-state index < -0.39 is 12.1 Å². The van der Waals surface area contributed by atoms with Crippen molar-refractivity contribution in [3.63, 3.8) is 0 Å². The van der Waals surface area contributed by atoms with E-state index in [9.17, 15) is 9.59 Å². The number of carboxylic acid groups (broad SMARTS) is 1. The third-order valence-electron chi connectivity index (χ3n) is 3.66. The maximum absolute atomic E-state index is 13.1. The molecule has 0 aliphatic carbocycles. The Bertz CT molecular complexity index is 981. The largest absolute Gasteiger partial charge is 0.465 e. The van der Waals surface area contributed by atoms with Crippen molar-refractivity contribution in [1.82, 2.24) is 25.1 Å². The standard InChI is InChI=1S/C15H14ClN5O3/c1-7-3-4-9(16)12-11(7)14(22)21(10-5-6-17-20-10)13(19-12)8(2)18-15(23)24/h3-6,8,18H,1-2H3,(H,17,20)(H,23,24). The molecule has 0 radical (unpaired) electrons. The van der Waals surface area contributed by atoms with Crippen LogP contribution < -0.4 is 10.9 Å². The van der Waals surface area contributed by atoms with Crippen LogP contribution in [0.3, 0.4) is 0 Å². The van der Waals surface area contributed by atoms with Crippen LogP contribution in [0.4, 0.5) is 4.79 Å². The zero-order valence-electron chi connectivity index (χ0n) is 12.9. The SMILES string of the molecule is Cc1ccc(Cl)c2nc(C(C)NC(=O)O)n(-c3ccn[nH]3)c(=O)c12. The fourth-order valence-corrected chi connectivity index (χ4v) is 2.77. The maximum Gasteiger partial charge on any atom is 0.405 e. The average Bonchev–Trinajstić information content (AvgIpc) is 3.03. The van der Waals surface area contributed by atoms with Crippen molar-refractivity contribution in [2.24, 2.45) is 0 Å². The maximum atomic E-state index is 13.1. The Morgan fingerprint density at radius 2 is 2.17 bits per heavy atom. The summed E-state index contributed by atoms with van der Waals surface area (Å²) in [5.74, 6) is 0.606. The Kier molecular flexibility index (Phi) is 3.98. The van der Waals surface area contributed by atoms with Crippen LogP contribution in [-0.4, -0.2) is 30.9 Å². The summed E-state index contributed by atoms with van der Waals surface area (Å²) < 4.78 is 1.30. The highest BCUT2D eigenvalue weighted by molar-refractivity contribution is 6.35. The number of amides is 1. The highest BCUT2D eigenvalue weighted by Crippen LogP contribution is 2.25. The molecule has 0 saturated carbocycles. The third kappa shape index (κ3) is 2.61. The predicted octanol–water partition coefficient (Wildman–Crippen LogP) is 2.40. The van der Waals surface area contributed by atoms with E-state index in [1.54, 1.807) is 32.0 Å². The molecule has 0 fully saturated rings. The lowest BCUT2D eigenvalue weighted by Gasteiger charge is -2.18. The first-order chi connectivity index (χ1) is 11.4. The van der Waals surface area contributed by atoms with Gasteiger partial charge in [-0.2, -0.15) is 5.10 Å². The van der Waals surface area contributed by atoms with Crippen LogP contribution in [0, 0.1) is 6.92 Å². The highest BCUT2D eigenvalue weighted by Gasteiger charge is 2.21. The van der Waals surface area contributed by atoms with Crippen LogP contribution in [0.1, 0.15) is 24.4 Å². The molecule has 8 nitrogen and oxygen atoms in total. The minimum Gasteiger partial charge on any atom is -0.465 e. The normalized spacial score (nSPS) is 12.3. The van der Waals surface area contributed by atoms with Gasteiger partial charge in [-0.3, -0.25) is 9.89 Å². The van der Waals surface area contributed by atoms with E-state index in [0.717, 1.165) is 5.56 Å². The number of aromatic amines is 1.